The highest BCUT2D eigenvalue weighted by Crippen LogP contribution is 2.14. The van der Waals surface area contributed by atoms with Crippen molar-refractivity contribution in [1.29, 1.82) is 0 Å². The Labute approximate surface area is 113 Å². The summed E-state index contributed by atoms with van der Waals surface area (Å²) in [6.07, 6.45) is 3.36. The van der Waals surface area contributed by atoms with Gasteiger partial charge in [0.1, 0.15) is 11.9 Å². The number of piperidine rings is 1. The summed E-state index contributed by atoms with van der Waals surface area (Å²) in [5, 5.41) is 6.17. The van der Waals surface area contributed by atoms with Gasteiger partial charge >= 0.3 is 0 Å². The van der Waals surface area contributed by atoms with E-state index in [4.69, 9.17) is 9.15 Å². The van der Waals surface area contributed by atoms with Gasteiger partial charge in [-0.15, -0.1) is 0 Å². The Hall–Kier alpha value is -1.33. The van der Waals surface area contributed by atoms with Gasteiger partial charge < -0.3 is 19.8 Å². The summed E-state index contributed by atoms with van der Waals surface area (Å²) in [4.78, 5) is 11.9. The lowest BCUT2D eigenvalue weighted by atomic mass is 10.0. The van der Waals surface area contributed by atoms with Gasteiger partial charge in [-0.2, -0.15) is 0 Å². The molecule has 0 aromatic carbocycles. The summed E-state index contributed by atoms with van der Waals surface area (Å²) in [7, 11) is 0. The average Bonchev–Trinajstić information content (AvgIpc) is 2.91. The average molecular weight is 266 g/mol. The van der Waals surface area contributed by atoms with E-state index in [0.29, 0.717) is 12.6 Å². The van der Waals surface area contributed by atoms with Crippen LogP contribution in [-0.4, -0.2) is 30.7 Å². The van der Waals surface area contributed by atoms with Crippen molar-refractivity contribution in [2.75, 3.05) is 6.54 Å². The SMILES string of the molecule is CC(OC1CCCNC1C)C(=O)NCc1ccco1. The number of hydrogen-bond donors (Lipinski definition) is 2. The number of hydrogen-bond acceptors (Lipinski definition) is 4. The molecule has 0 radical (unpaired) electrons. The van der Waals surface area contributed by atoms with E-state index in [1.54, 1.807) is 19.3 Å². The number of furan rings is 1. The van der Waals surface area contributed by atoms with Crippen LogP contribution in [0.2, 0.25) is 0 Å². The zero-order valence-electron chi connectivity index (χ0n) is 11.5. The van der Waals surface area contributed by atoms with Gasteiger partial charge in [0.25, 0.3) is 0 Å². The number of carbonyl (C=O) groups is 1. The fourth-order valence-corrected chi connectivity index (χ4v) is 2.26. The van der Waals surface area contributed by atoms with Crippen LogP contribution in [0.1, 0.15) is 32.4 Å². The van der Waals surface area contributed by atoms with Gasteiger partial charge in [-0.3, -0.25) is 4.79 Å². The van der Waals surface area contributed by atoms with Gasteiger partial charge in [0.2, 0.25) is 5.91 Å². The standard InChI is InChI=1S/C14H22N2O3/c1-10-13(6-3-7-15-10)19-11(2)14(17)16-9-12-5-4-8-18-12/h4-5,8,10-11,13,15H,3,6-7,9H2,1-2H3,(H,16,17). The van der Waals surface area contributed by atoms with E-state index in [0.717, 1.165) is 25.1 Å². The van der Waals surface area contributed by atoms with E-state index in [9.17, 15) is 4.79 Å². The van der Waals surface area contributed by atoms with Crippen molar-refractivity contribution >= 4 is 5.91 Å². The third-order valence-corrected chi connectivity index (χ3v) is 3.45. The van der Waals surface area contributed by atoms with Crippen LogP contribution in [-0.2, 0) is 16.1 Å². The smallest absolute Gasteiger partial charge is 0.249 e. The highest BCUT2D eigenvalue weighted by Gasteiger charge is 2.25. The second-order valence-electron chi connectivity index (χ2n) is 5.00. The Morgan fingerprint density at radius 2 is 2.53 bits per heavy atom. The van der Waals surface area contributed by atoms with Crippen molar-refractivity contribution in [2.45, 2.75) is 51.5 Å². The fraction of sp³-hybridized carbons (Fsp3) is 0.643. The Morgan fingerprint density at radius 3 is 3.21 bits per heavy atom. The molecule has 1 saturated heterocycles. The molecule has 1 aromatic rings. The number of amides is 1. The molecular weight excluding hydrogens is 244 g/mol. The third kappa shape index (κ3) is 4.08. The molecule has 5 heteroatoms. The molecule has 19 heavy (non-hydrogen) atoms. The lowest BCUT2D eigenvalue weighted by molar-refractivity contribution is -0.137. The van der Waals surface area contributed by atoms with Gasteiger partial charge in [0.15, 0.2) is 0 Å². The second-order valence-corrected chi connectivity index (χ2v) is 5.00. The molecule has 1 amide bonds. The maximum absolute atomic E-state index is 11.9. The summed E-state index contributed by atoms with van der Waals surface area (Å²) in [6.45, 7) is 5.31. The van der Waals surface area contributed by atoms with Crippen LogP contribution in [0, 0.1) is 0 Å². The Balaban J connectivity index is 1.75. The van der Waals surface area contributed by atoms with Gasteiger partial charge in [-0.1, -0.05) is 0 Å². The fourth-order valence-electron chi connectivity index (χ4n) is 2.26. The van der Waals surface area contributed by atoms with E-state index in [1.165, 1.54) is 0 Å². The number of rotatable bonds is 5. The van der Waals surface area contributed by atoms with Crippen LogP contribution in [0.3, 0.4) is 0 Å². The number of carbonyl (C=O) groups excluding carboxylic acids is 1. The summed E-state index contributed by atoms with van der Waals surface area (Å²) in [6, 6.07) is 3.93. The molecule has 0 spiro atoms. The van der Waals surface area contributed by atoms with Gasteiger partial charge in [0, 0.05) is 6.04 Å². The predicted octanol–water partition coefficient (Wildman–Crippen LogP) is 1.44. The maximum atomic E-state index is 11.9. The van der Waals surface area contributed by atoms with Crippen LogP contribution in [0.15, 0.2) is 22.8 Å². The summed E-state index contributed by atoms with van der Waals surface area (Å²) in [5.41, 5.74) is 0. The van der Waals surface area contributed by atoms with E-state index in [1.807, 2.05) is 6.07 Å². The van der Waals surface area contributed by atoms with Crippen molar-refractivity contribution in [3.05, 3.63) is 24.2 Å². The zero-order valence-corrected chi connectivity index (χ0v) is 11.5. The molecule has 5 nitrogen and oxygen atoms in total. The van der Waals surface area contributed by atoms with Crippen LogP contribution < -0.4 is 10.6 Å². The molecule has 106 valence electrons. The molecular formula is C14H22N2O3. The first-order valence-corrected chi connectivity index (χ1v) is 6.85. The predicted molar refractivity (Wildman–Crippen MR) is 71.6 cm³/mol. The van der Waals surface area contributed by atoms with E-state index in [-0.39, 0.29) is 12.0 Å². The highest BCUT2D eigenvalue weighted by atomic mass is 16.5. The first-order valence-electron chi connectivity index (χ1n) is 6.85. The summed E-state index contributed by atoms with van der Waals surface area (Å²) >= 11 is 0. The van der Waals surface area contributed by atoms with Crippen molar-refractivity contribution in [1.82, 2.24) is 10.6 Å². The van der Waals surface area contributed by atoms with Crippen LogP contribution in [0.25, 0.3) is 0 Å². The topological polar surface area (TPSA) is 63.5 Å². The van der Waals surface area contributed by atoms with Crippen molar-refractivity contribution in [3.8, 4) is 0 Å². The van der Waals surface area contributed by atoms with Crippen molar-refractivity contribution in [3.63, 3.8) is 0 Å². The van der Waals surface area contributed by atoms with E-state index < -0.39 is 6.10 Å². The number of nitrogens with one attached hydrogen (secondary N) is 2. The molecule has 3 atom stereocenters. The van der Waals surface area contributed by atoms with Crippen molar-refractivity contribution in [2.24, 2.45) is 0 Å². The molecule has 3 unspecified atom stereocenters. The van der Waals surface area contributed by atoms with E-state index >= 15 is 0 Å². The molecule has 1 fully saturated rings. The maximum Gasteiger partial charge on any atom is 0.249 e. The zero-order chi connectivity index (χ0) is 13.7. The van der Waals surface area contributed by atoms with Gasteiger partial charge in [-0.25, -0.2) is 0 Å². The van der Waals surface area contributed by atoms with Crippen LogP contribution >= 0.6 is 0 Å². The first kappa shape index (κ1) is 14.1. The minimum Gasteiger partial charge on any atom is -0.467 e. The molecule has 0 aliphatic carbocycles. The largest absolute Gasteiger partial charge is 0.467 e. The minimum absolute atomic E-state index is 0.103. The molecule has 1 aliphatic rings. The highest BCUT2D eigenvalue weighted by molar-refractivity contribution is 5.80. The molecule has 0 bridgehead atoms. The molecule has 2 rings (SSSR count). The quantitative estimate of drug-likeness (QED) is 0.846. The summed E-state index contributed by atoms with van der Waals surface area (Å²) in [5.74, 6) is 0.641. The monoisotopic (exact) mass is 266 g/mol. The minimum atomic E-state index is -0.442. The Kier molecular flexibility index (Phi) is 4.99. The van der Waals surface area contributed by atoms with Crippen molar-refractivity contribution < 1.29 is 13.9 Å². The summed E-state index contributed by atoms with van der Waals surface area (Å²) < 4.78 is 11.0. The lowest BCUT2D eigenvalue weighted by Gasteiger charge is -2.31. The number of ether oxygens (including phenoxy) is 1. The van der Waals surface area contributed by atoms with Crippen LogP contribution in [0.5, 0.6) is 0 Å². The first-order chi connectivity index (χ1) is 9.16. The van der Waals surface area contributed by atoms with Gasteiger partial charge in [0.05, 0.1) is 18.9 Å². The Morgan fingerprint density at radius 1 is 1.68 bits per heavy atom. The molecule has 1 aromatic heterocycles. The van der Waals surface area contributed by atoms with Gasteiger partial charge in [-0.05, 0) is 45.4 Å². The normalized spacial score (nSPS) is 24.9. The molecule has 1 aliphatic heterocycles. The second kappa shape index (κ2) is 6.73. The van der Waals surface area contributed by atoms with E-state index in [2.05, 4.69) is 17.6 Å². The Bertz CT molecular complexity index is 391. The molecule has 0 saturated carbocycles. The lowest BCUT2D eigenvalue weighted by Crippen LogP contribution is -2.47. The molecule has 2 heterocycles. The third-order valence-electron chi connectivity index (χ3n) is 3.45. The van der Waals surface area contributed by atoms with Crippen LogP contribution in [0.4, 0.5) is 0 Å². The molecule has 2 N–H and O–H groups in total.